The van der Waals surface area contributed by atoms with E-state index < -0.39 is 0 Å². The summed E-state index contributed by atoms with van der Waals surface area (Å²) in [5.74, 6) is 2.83. The van der Waals surface area contributed by atoms with E-state index in [4.69, 9.17) is 10.2 Å². The van der Waals surface area contributed by atoms with Crippen LogP contribution in [-0.2, 0) is 0 Å². The molecule has 0 bridgehead atoms. The van der Waals surface area contributed by atoms with Crippen molar-refractivity contribution >= 4 is 11.8 Å². The highest BCUT2D eigenvalue weighted by Crippen LogP contribution is 2.17. The molecule has 0 saturated heterocycles. The van der Waals surface area contributed by atoms with Gasteiger partial charge < -0.3 is 10.2 Å². The number of aliphatic hydroxyl groups excluding tert-OH is 2. The molecular weight excluding hydrogens is 520 g/mol. The SMILES string of the molecule is CCCCCCCCCCCCCCCCCCSCCCCCCCCCCCCCCCCCC.OCCO. The Labute approximate surface area is 265 Å². The minimum absolute atomic E-state index is 0.125. The zero-order valence-corrected chi connectivity index (χ0v) is 29.6. The third-order valence-electron chi connectivity index (χ3n) is 8.38. The predicted molar refractivity (Wildman–Crippen MR) is 191 cm³/mol. The van der Waals surface area contributed by atoms with E-state index in [9.17, 15) is 0 Å². The predicted octanol–water partition coefficient (Wildman–Crippen LogP) is 13.2. The average molecular weight is 601 g/mol. The standard InChI is InChI=1S/C36H74S.C2H6O2/c1-3-5-7-9-11-13-15-17-19-21-23-25-27-29-31-33-35-37-36-34-32-30-28-26-24-22-20-18-16-14-12-10-8-6-4-2;3-1-2-4/h3-36H2,1-2H3;3-4H,1-2H2. The molecule has 2 nitrogen and oxygen atoms in total. The molecule has 0 fully saturated rings. The zero-order chi connectivity index (χ0) is 30.2. The summed E-state index contributed by atoms with van der Waals surface area (Å²) in [4.78, 5) is 0. The van der Waals surface area contributed by atoms with Gasteiger partial charge in [0.25, 0.3) is 0 Å². The summed E-state index contributed by atoms with van der Waals surface area (Å²) in [5, 5.41) is 15.2. The monoisotopic (exact) mass is 601 g/mol. The van der Waals surface area contributed by atoms with Crippen LogP contribution in [0.15, 0.2) is 0 Å². The third kappa shape index (κ3) is 47.4. The summed E-state index contributed by atoms with van der Waals surface area (Å²) >= 11 is 2.23. The van der Waals surface area contributed by atoms with Gasteiger partial charge in [0, 0.05) is 0 Å². The number of aliphatic hydroxyl groups is 2. The fourth-order valence-corrected chi connectivity index (χ4v) is 6.63. The molecular formula is C38H80O2S. The van der Waals surface area contributed by atoms with E-state index in [0.29, 0.717) is 0 Å². The molecule has 0 spiro atoms. The first-order chi connectivity index (χ1) is 20.3. The minimum Gasteiger partial charge on any atom is -0.394 e. The van der Waals surface area contributed by atoms with Crippen LogP contribution in [0.4, 0.5) is 0 Å². The van der Waals surface area contributed by atoms with Gasteiger partial charge in [0.2, 0.25) is 0 Å². The number of hydrogen-bond donors (Lipinski definition) is 2. The first-order valence-electron chi connectivity index (χ1n) is 19.1. The van der Waals surface area contributed by atoms with Gasteiger partial charge in [0.15, 0.2) is 0 Å². The van der Waals surface area contributed by atoms with Gasteiger partial charge in [0.1, 0.15) is 0 Å². The van der Waals surface area contributed by atoms with E-state index >= 15 is 0 Å². The van der Waals surface area contributed by atoms with Gasteiger partial charge in [-0.05, 0) is 24.3 Å². The lowest BCUT2D eigenvalue weighted by Crippen LogP contribution is -1.87. The van der Waals surface area contributed by atoms with Crippen LogP contribution in [0.3, 0.4) is 0 Å². The van der Waals surface area contributed by atoms with Crippen LogP contribution in [0.25, 0.3) is 0 Å². The topological polar surface area (TPSA) is 40.5 Å². The number of thioether (sulfide) groups is 1. The van der Waals surface area contributed by atoms with E-state index in [1.807, 2.05) is 0 Å². The van der Waals surface area contributed by atoms with E-state index in [-0.39, 0.29) is 13.2 Å². The highest BCUT2D eigenvalue weighted by Gasteiger charge is 1.97. The van der Waals surface area contributed by atoms with Crippen LogP contribution in [0.5, 0.6) is 0 Å². The van der Waals surface area contributed by atoms with Crippen LogP contribution < -0.4 is 0 Å². The Hall–Kier alpha value is 0.270. The normalized spacial score (nSPS) is 11.1. The average Bonchev–Trinajstić information content (AvgIpc) is 2.99. The molecule has 3 heteroatoms. The van der Waals surface area contributed by atoms with Crippen LogP contribution >= 0.6 is 11.8 Å². The van der Waals surface area contributed by atoms with Crippen molar-refractivity contribution in [3.05, 3.63) is 0 Å². The van der Waals surface area contributed by atoms with E-state index in [1.165, 1.54) is 217 Å². The second-order valence-electron chi connectivity index (χ2n) is 12.7. The Kier molecular flexibility index (Phi) is 47.3. The summed E-state index contributed by atoms with van der Waals surface area (Å²) < 4.78 is 0. The summed E-state index contributed by atoms with van der Waals surface area (Å²) in [6, 6.07) is 0. The van der Waals surface area contributed by atoms with Gasteiger partial charge in [0.05, 0.1) is 13.2 Å². The highest BCUT2D eigenvalue weighted by atomic mass is 32.2. The quantitative estimate of drug-likeness (QED) is 0.0711. The lowest BCUT2D eigenvalue weighted by Gasteiger charge is -2.05. The Morgan fingerprint density at radius 1 is 0.268 bits per heavy atom. The molecule has 0 atom stereocenters. The van der Waals surface area contributed by atoms with Crippen LogP contribution in [0.1, 0.15) is 219 Å². The minimum atomic E-state index is -0.125. The largest absolute Gasteiger partial charge is 0.394 e. The van der Waals surface area contributed by atoms with Crippen molar-refractivity contribution in [2.75, 3.05) is 24.7 Å². The fraction of sp³-hybridized carbons (Fsp3) is 1.00. The van der Waals surface area contributed by atoms with Gasteiger partial charge in [-0.25, -0.2) is 0 Å². The third-order valence-corrected chi connectivity index (χ3v) is 9.54. The molecule has 0 radical (unpaired) electrons. The van der Waals surface area contributed by atoms with Gasteiger partial charge in [-0.1, -0.05) is 206 Å². The molecule has 0 aliphatic rings. The van der Waals surface area contributed by atoms with E-state index in [2.05, 4.69) is 25.6 Å². The van der Waals surface area contributed by atoms with Gasteiger partial charge in [-0.15, -0.1) is 0 Å². The molecule has 0 rings (SSSR count). The number of rotatable bonds is 35. The Balaban J connectivity index is 0. The molecule has 0 aliphatic carbocycles. The zero-order valence-electron chi connectivity index (χ0n) is 28.8. The summed E-state index contributed by atoms with van der Waals surface area (Å²) in [7, 11) is 0. The first kappa shape index (κ1) is 43.4. The fourth-order valence-electron chi connectivity index (χ4n) is 5.61. The van der Waals surface area contributed by atoms with Crippen LogP contribution in [0, 0.1) is 0 Å². The number of unbranched alkanes of at least 4 members (excludes halogenated alkanes) is 30. The molecule has 0 aliphatic heterocycles. The molecule has 41 heavy (non-hydrogen) atoms. The lowest BCUT2D eigenvalue weighted by atomic mass is 10.0. The molecule has 0 unspecified atom stereocenters. The maximum atomic E-state index is 7.62. The number of hydrogen-bond acceptors (Lipinski definition) is 3. The summed E-state index contributed by atoms with van der Waals surface area (Å²) in [6.45, 7) is 4.37. The molecule has 0 aromatic carbocycles. The molecule has 0 heterocycles. The second-order valence-corrected chi connectivity index (χ2v) is 13.9. The van der Waals surface area contributed by atoms with Crippen molar-refractivity contribution in [1.82, 2.24) is 0 Å². The first-order valence-corrected chi connectivity index (χ1v) is 20.3. The summed E-state index contributed by atoms with van der Waals surface area (Å²) in [6.07, 6.45) is 47.2. The van der Waals surface area contributed by atoms with Crippen molar-refractivity contribution < 1.29 is 10.2 Å². The second kappa shape index (κ2) is 44.7. The molecule has 2 N–H and O–H groups in total. The maximum Gasteiger partial charge on any atom is 0.0662 e. The van der Waals surface area contributed by atoms with E-state index in [0.717, 1.165) is 0 Å². The Morgan fingerprint density at radius 3 is 0.610 bits per heavy atom. The van der Waals surface area contributed by atoms with Crippen molar-refractivity contribution in [2.24, 2.45) is 0 Å². The molecule has 0 amide bonds. The van der Waals surface area contributed by atoms with Crippen LogP contribution in [0.2, 0.25) is 0 Å². The Bertz CT molecular complexity index is 368. The van der Waals surface area contributed by atoms with Gasteiger partial charge in [-0.3, -0.25) is 0 Å². The smallest absolute Gasteiger partial charge is 0.0662 e. The molecule has 0 saturated carbocycles. The molecule has 0 aromatic rings. The van der Waals surface area contributed by atoms with Gasteiger partial charge in [-0.2, -0.15) is 11.8 Å². The van der Waals surface area contributed by atoms with Crippen molar-refractivity contribution in [3.8, 4) is 0 Å². The molecule has 250 valence electrons. The van der Waals surface area contributed by atoms with Crippen molar-refractivity contribution in [1.29, 1.82) is 0 Å². The van der Waals surface area contributed by atoms with Crippen molar-refractivity contribution in [2.45, 2.75) is 219 Å². The van der Waals surface area contributed by atoms with Crippen LogP contribution in [-0.4, -0.2) is 34.9 Å². The lowest BCUT2D eigenvalue weighted by molar-refractivity contribution is 0.186. The summed E-state index contributed by atoms with van der Waals surface area (Å²) in [5.41, 5.74) is 0. The Morgan fingerprint density at radius 2 is 0.439 bits per heavy atom. The maximum absolute atomic E-state index is 7.62. The van der Waals surface area contributed by atoms with E-state index in [1.54, 1.807) is 0 Å². The molecule has 0 aromatic heterocycles. The van der Waals surface area contributed by atoms with Crippen molar-refractivity contribution in [3.63, 3.8) is 0 Å². The van der Waals surface area contributed by atoms with Gasteiger partial charge >= 0.3 is 0 Å². The highest BCUT2D eigenvalue weighted by molar-refractivity contribution is 7.99.